The number of alkyl halides is 3. The molecule has 0 unspecified atom stereocenters. The van der Waals surface area contributed by atoms with Crippen molar-refractivity contribution in [3.8, 4) is 0 Å². The fourth-order valence-electron chi connectivity index (χ4n) is 2.09. The standard InChI is InChI=1S/C11H16F3NO3/c12-11(13,14)7-1-3-8(4-2-7)15-9(16)5-6-10(17)18/h7-8H,1-6H2,(H,15,16)(H,17,18). The Kier molecular flexibility index (Phi) is 4.98. The maximum absolute atomic E-state index is 12.4. The molecule has 1 aliphatic carbocycles. The zero-order valence-corrected chi connectivity index (χ0v) is 9.79. The summed E-state index contributed by atoms with van der Waals surface area (Å²) in [6, 6.07) is -0.259. The van der Waals surface area contributed by atoms with Gasteiger partial charge >= 0.3 is 12.1 Å². The first-order chi connectivity index (χ1) is 8.29. The molecule has 0 aliphatic heterocycles. The molecular weight excluding hydrogens is 251 g/mol. The van der Waals surface area contributed by atoms with Crippen molar-refractivity contribution in [1.29, 1.82) is 0 Å². The Morgan fingerprint density at radius 1 is 1.11 bits per heavy atom. The van der Waals surface area contributed by atoms with Crippen molar-refractivity contribution in [2.75, 3.05) is 0 Å². The second-order valence-corrected chi connectivity index (χ2v) is 4.55. The number of carbonyl (C=O) groups is 2. The van der Waals surface area contributed by atoms with Crippen molar-refractivity contribution in [2.24, 2.45) is 5.92 Å². The smallest absolute Gasteiger partial charge is 0.391 e. The van der Waals surface area contributed by atoms with Crippen molar-refractivity contribution >= 4 is 11.9 Å². The maximum atomic E-state index is 12.4. The number of hydrogen-bond acceptors (Lipinski definition) is 2. The van der Waals surface area contributed by atoms with E-state index in [1.165, 1.54) is 0 Å². The summed E-state index contributed by atoms with van der Waals surface area (Å²) < 4.78 is 37.2. The summed E-state index contributed by atoms with van der Waals surface area (Å²) >= 11 is 0. The monoisotopic (exact) mass is 267 g/mol. The molecule has 0 atom stereocenters. The third-order valence-corrected chi connectivity index (χ3v) is 3.12. The van der Waals surface area contributed by atoms with Crippen LogP contribution in [-0.4, -0.2) is 29.2 Å². The van der Waals surface area contributed by atoms with Crippen LogP contribution in [0.25, 0.3) is 0 Å². The van der Waals surface area contributed by atoms with E-state index in [2.05, 4.69) is 5.32 Å². The highest BCUT2D eigenvalue weighted by Crippen LogP contribution is 2.37. The Morgan fingerprint density at radius 2 is 1.67 bits per heavy atom. The first kappa shape index (κ1) is 14.8. The van der Waals surface area contributed by atoms with Crippen molar-refractivity contribution in [3.63, 3.8) is 0 Å². The molecule has 0 bridgehead atoms. The molecule has 1 aliphatic rings. The van der Waals surface area contributed by atoms with Gasteiger partial charge in [-0.05, 0) is 25.7 Å². The maximum Gasteiger partial charge on any atom is 0.391 e. The molecule has 104 valence electrons. The van der Waals surface area contributed by atoms with Crippen molar-refractivity contribution in [1.82, 2.24) is 5.32 Å². The second kappa shape index (κ2) is 6.06. The van der Waals surface area contributed by atoms with Gasteiger partial charge in [-0.25, -0.2) is 0 Å². The Bertz CT molecular complexity index is 309. The van der Waals surface area contributed by atoms with E-state index in [-0.39, 0.29) is 31.7 Å². The minimum atomic E-state index is -4.15. The van der Waals surface area contributed by atoms with Gasteiger partial charge in [0.1, 0.15) is 0 Å². The van der Waals surface area contributed by atoms with Gasteiger partial charge in [-0.3, -0.25) is 9.59 Å². The highest BCUT2D eigenvalue weighted by atomic mass is 19.4. The minimum absolute atomic E-state index is 0.0212. The Hall–Kier alpha value is -1.27. The molecule has 1 saturated carbocycles. The van der Waals surface area contributed by atoms with Crippen LogP contribution in [0.5, 0.6) is 0 Å². The van der Waals surface area contributed by atoms with Crippen LogP contribution < -0.4 is 5.32 Å². The van der Waals surface area contributed by atoms with Crippen LogP contribution in [0.2, 0.25) is 0 Å². The first-order valence-corrected chi connectivity index (χ1v) is 5.87. The van der Waals surface area contributed by atoms with Gasteiger partial charge < -0.3 is 10.4 Å². The molecule has 1 fully saturated rings. The molecule has 18 heavy (non-hydrogen) atoms. The molecule has 0 aromatic rings. The van der Waals surface area contributed by atoms with Crippen molar-refractivity contribution < 1.29 is 27.9 Å². The SMILES string of the molecule is O=C(O)CCC(=O)NC1CCC(C(F)(F)F)CC1. The van der Waals surface area contributed by atoms with E-state index in [1.807, 2.05) is 0 Å². The van der Waals surface area contributed by atoms with Crippen LogP contribution in [0, 0.1) is 5.92 Å². The number of amides is 1. The zero-order chi connectivity index (χ0) is 13.8. The first-order valence-electron chi connectivity index (χ1n) is 5.87. The molecule has 0 heterocycles. The van der Waals surface area contributed by atoms with Crippen LogP contribution in [0.15, 0.2) is 0 Å². The van der Waals surface area contributed by atoms with E-state index in [0.29, 0.717) is 12.8 Å². The number of carboxylic acids is 1. The van der Waals surface area contributed by atoms with Crippen LogP contribution in [0.3, 0.4) is 0 Å². The average molecular weight is 267 g/mol. The lowest BCUT2D eigenvalue weighted by Crippen LogP contribution is -2.40. The molecule has 0 aromatic carbocycles. The third-order valence-electron chi connectivity index (χ3n) is 3.12. The molecular formula is C11H16F3NO3. The second-order valence-electron chi connectivity index (χ2n) is 4.55. The molecule has 1 rings (SSSR count). The molecule has 2 N–H and O–H groups in total. The van der Waals surface area contributed by atoms with Crippen LogP contribution >= 0.6 is 0 Å². The number of rotatable bonds is 4. The van der Waals surface area contributed by atoms with Crippen LogP contribution in [0.4, 0.5) is 13.2 Å². The number of carboxylic acid groups (broad SMARTS) is 1. The fraction of sp³-hybridized carbons (Fsp3) is 0.818. The van der Waals surface area contributed by atoms with Crippen molar-refractivity contribution in [2.45, 2.75) is 50.7 Å². The Labute approximate surface area is 103 Å². The van der Waals surface area contributed by atoms with Gasteiger partial charge in [0.2, 0.25) is 5.91 Å². The summed E-state index contributed by atoms with van der Waals surface area (Å²) in [6.45, 7) is 0. The fourth-order valence-corrected chi connectivity index (χ4v) is 2.09. The van der Waals surface area contributed by atoms with E-state index in [1.54, 1.807) is 0 Å². The Balaban J connectivity index is 2.27. The lowest BCUT2D eigenvalue weighted by atomic mass is 9.85. The predicted octanol–water partition coefficient (Wildman–Crippen LogP) is 2.09. The van der Waals surface area contributed by atoms with Gasteiger partial charge in [0, 0.05) is 12.5 Å². The minimum Gasteiger partial charge on any atom is -0.481 e. The predicted molar refractivity (Wildman–Crippen MR) is 56.8 cm³/mol. The molecule has 0 saturated heterocycles. The largest absolute Gasteiger partial charge is 0.481 e. The number of carbonyl (C=O) groups excluding carboxylic acids is 1. The normalized spacial score (nSPS) is 24.6. The van der Waals surface area contributed by atoms with Gasteiger partial charge in [-0.15, -0.1) is 0 Å². The number of nitrogens with one attached hydrogen (secondary N) is 1. The third kappa shape index (κ3) is 4.93. The van der Waals surface area contributed by atoms with E-state index in [4.69, 9.17) is 5.11 Å². The lowest BCUT2D eigenvalue weighted by molar-refractivity contribution is -0.182. The summed E-state index contributed by atoms with van der Waals surface area (Å²) in [5, 5.41) is 11.0. The topological polar surface area (TPSA) is 66.4 Å². The van der Waals surface area contributed by atoms with Gasteiger partial charge in [-0.1, -0.05) is 0 Å². The molecule has 0 aromatic heterocycles. The Morgan fingerprint density at radius 3 is 2.11 bits per heavy atom. The van der Waals surface area contributed by atoms with E-state index in [0.717, 1.165) is 0 Å². The van der Waals surface area contributed by atoms with Crippen LogP contribution in [-0.2, 0) is 9.59 Å². The van der Waals surface area contributed by atoms with E-state index in [9.17, 15) is 22.8 Å². The van der Waals surface area contributed by atoms with Crippen LogP contribution in [0.1, 0.15) is 38.5 Å². The molecule has 0 radical (unpaired) electrons. The molecule has 0 spiro atoms. The van der Waals surface area contributed by atoms with Gasteiger partial charge in [0.25, 0.3) is 0 Å². The summed E-state index contributed by atoms with van der Waals surface area (Å²) in [5.41, 5.74) is 0. The van der Waals surface area contributed by atoms with Gasteiger partial charge in [0.05, 0.1) is 12.3 Å². The number of halogens is 3. The number of hydrogen-bond donors (Lipinski definition) is 2. The van der Waals surface area contributed by atoms with E-state index >= 15 is 0 Å². The van der Waals surface area contributed by atoms with E-state index < -0.39 is 24.0 Å². The van der Waals surface area contributed by atoms with Crippen molar-refractivity contribution in [3.05, 3.63) is 0 Å². The highest BCUT2D eigenvalue weighted by molar-refractivity contribution is 5.80. The number of aliphatic carboxylic acids is 1. The molecule has 4 nitrogen and oxygen atoms in total. The summed E-state index contributed by atoms with van der Waals surface area (Å²) in [6.07, 6.45) is -3.91. The summed E-state index contributed by atoms with van der Waals surface area (Å²) in [7, 11) is 0. The zero-order valence-electron chi connectivity index (χ0n) is 9.79. The average Bonchev–Trinajstić information content (AvgIpc) is 2.26. The van der Waals surface area contributed by atoms with Gasteiger partial charge in [-0.2, -0.15) is 13.2 Å². The summed E-state index contributed by atoms with van der Waals surface area (Å²) in [5.74, 6) is -2.75. The quantitative estimate of drug-likeness (QED) is 0.819. The van der Waals surface area contributed by atoms with Gasteiger partial charge in [0.15, 0.2) is 0 Å². The highest BCUT2D eigenvalue weighted by Gasteiger charge is 2.41. The lowest BCUT2D eigenvalue weighted by Gasteiger charge is -2.30. The molecule has 7 heteroatoms. The molecule has 1 amide bonds. The summed E-state index contributed by atoms with van der Waals surface area (Å²) in [4.78, 5) is 21.5.